The Morgan fingerprint density at radius 3 is 2.29 bits per heavy atom. The summed E-state index contributed by atoms with van der Waals surface area (Å²) in [5.41, 5.74) is 0.974. The molecule has 1 aromatic carbocycles. The highest BCUT2D eigenvalue weighted by Crippen LogP contribution is 2.51. The number of hydrogen-bond donors (Lipinski definition) is 0. The minimum absolute atomic E-state index is 0.0448. The predicted octanol–water partition coefficient (Wildman–Crippen LogP) is 4.29. The lowest BCUT2D eigenvalue weighted by molar-refractivity contribution is -0.130. The molecule has 0 unspecified atom stereocenters. The van der Waals surface area contributed by atoms with E-state index in [1.165, 1.54) is 0 Å². The van der Waals surface area contributed by atoms with Gasteiger partial charge in [-0.05, 0) is 43.0 Å². The Kier molecular flexibility index (Phi) is 6.23. The number of hydrogen-bond acceptors (Lipinski definition) is 3. The predicted molar refractivity (Wildman–Crippen MR) is 113 cm³/mol. The van der Waals surface area contributed by atoms with Crippen molar-refractivity contribution in [3.8, 4) is 0 Å². The van der Waals surface area contributed by atoms with Gasteiger partial charge in [0, 0.05) is 31.6 Å². The largest absolute Gasteiger partial charge is 0.339 e. The van der Waals surface area contributed by atoms with E-state index in [1.54, 1.807) is 40.5 Å². The van der Waals surface area contributed by atoms with Gasteiger partial charge in [0.25, 0.3) is 0 Å². The van der Waals surface area contributed by atoms with Crippen LogP contribution < -0.4 is 0 Å². The monoisotopic (exact) mass is 424 g/mol. The Hall–Kier alpha value is -1.37. The molecule has 0 atom stereocenters. The number of carbonyl (C=O) groups is 1. The van der Waals surface area contributed by atoms with E-state index in [2.05, 4.69) is 0 Å². The van der Waals surface area contributed by atoms with Crippen LogP contribution in [-0.2, 0) is 14.8 Å². The summed E-state index contributed by atoms with van der Waals surface area (Å²) in [6, 6.07) is 6.97. The number of rotatable bonds is 5. The van der Waals surface area contributed by atoms with Crippen LogP contribution >= 0.6 is 11.6 Å². The first kappa shape index (κ1) is 21.3. The zero-order valence-corrected chi connectivity index (χ0v) is 18.4. The van der Waals surface area contributed by atoms with Crippen LogP contribution in [0.3, 0.4) is 0 Å². The maximum atomic E-state index is 13.5. The second kappa shape index (κ2) is 8.17. The van der Waals surface area contributed by atoms with Crippen LogP contribution in [0.25, 0.3) is 4.91 Å². The van der Waals surface area contributed by atoms with E-state index in [0.717, 1.165) is 37.7 Å². The molecule has 1 aliphatic carbocycles. The number of benzene rings is 1. The zero-order chi connectivity index (χ0) is 20.5. The first-order valence-electron chi connectivity index (χ1n) is 10.0. The minimum Gasteiger partial charge on any atom is -0.339 e. The van der Waals surface area contributed by atoms with Crippen molar-refractivity contribution in [2.24, 2.45) is 0 Å². The molecular formula is C21H29ClN2O3S. The number of sulfonamides is 1. The number of amides is 1. The SMILES string of the molecule is CCC(=O)N(CC)CC1=C(c2ccc(Cl)cc2)S(=O)(=O)N(C)C12CCCCC2. The molecule has 5 nitrogen and oxygen atoms in total. The maximum Gasteiger partial charge on any atom is 0.244 e. The van der Waals surface area contributed by atoms with Crippen LogP contribution in [0.15, 0.2) is 29.8 Å². The van der Waals surface area contributed by atoms with Gasteiger partial charge in [0.2, 0.25) is 15.9 Å². The van der Waals surface area contributed by atoms with Crippen molar-refractivity contribution in [1.82, 2.24) is 9.21 Å². The van der Waals surface area contributed by atoms with Crippen molar-refractivity contribution < 1.29 is 13.2 Å². The molecule has 1 aliphatic heterocycles. The van der Waals surface area contributed by atoms with E-state index >= 15 is 0 Å². The molecule has 1 aromatic rings. The molecule has 0 bridgehead atoms. The normalized spacial score (nSPS) is 21.3. The van der Waals surface area contributed by atoms with Crippen molar-refractivity contribution in [3.63, 3.8) is 0 Å². The van der Waals surface area contributed by atoms with E-state index in [9.17, 15) is 13.2 Å². The number of likely N-dealkylation sites (N-methyl/N-ethyl adjacent to an activating group) is 2. The molecule has 1 amide bonds. The Labute approximate surface area is 173 Å². The molecule has 0 saturated heterocycles. The molecule has 2 aliphatic rings. The summed E-state index contributed by atoms with van der Waals surface area (Å²) in [5.74, 6) is 0.0448. The minimum atomic E-state index is -3.64. The Morgan fingerprint density at radius 2 is 1.75 bits per heavy atom. The Balaban J connectivity index is 2.22. The molecule has 3 rings (SSSR count). The van der Waals surface area contributed by atoms with Gasteiger partial charge in [0.15, 0.2) is 0 Å². The number of carbonyl (C=O) groups excluding carboxylic acids is 1. The molecule has 154 valence electrons. The third kappa shape index (κ3) is 3.51. The van der Waals surface area contributed by atoms with Gasteiger partial charge in [-0.3, -0.25) is 4.79 Å². The Bertz CT molecular complexity index is 871. The van der Waals surface area contributed by atoms with Crippen molar-refractivity contribution >= 4 is 32.4 Å². The number of halogens is 1. The fourth-order valence-corrected chi connectivity index (χ4v) is 6.76. The van der Waals surface area contributed by atoms with Gasteiger partial charge >= 0.3 is 0 Å². The molecular weight excluding hydrogens is 396 g/mol. The van der Waals surface area contributed by atoms with Crippen molar-refractivity contribution in [2.75, 3.05) is 20.1 Å². The quantitative estimate of drug-likeness (QED) is 0.708. The summed E-state index contributed by atoms with van der Waals surface area (Å²) < 4.78 is 28.6. The summed E-state index contributed by atoms with van der Waals surface area (Å²) in [6.45, 7) is 4.69. The van der Waals surface area contributed by atoms with E-state index < -0.39 is 15.6 Å². The van der Waals surface area contributed by atoms with Crippen LogP contribution in [-0.4, -0.2) is 49.2 Å². The summed E-state index contributed by atoms with van der Waals surface area (Å²) in [5, 5.41) is 0.568. The third-order valence-corrected chi connectivity index (χ3v) is 8.55. The summed E-state index contributed by atoms with van der Waals surface area (Å²) in [6.07, 6.45) is 5.10. The smallest absolute Gasteiger partial charge is 0.244 e. The van der Waals surface area contributed by atoms with E-state index in [1.807, 2.05) is 13.8 Å². The fourth-order valence-electron chi connectivity index (χ4n) is 4.61. The first-order valence-corrected chi connectivity index (χ1v) is 11.9. The molecule has 1 fully saturated rings. The maximum absolute atomic E-state index is 13.5. The number of nitrogens with zero attached hydrogens (tertiary/aromatic N) is 2. The summed E-state index contributed by atoms with van der Waals surface area (Å²) in [4.78, 5) is 14.6. The van der Waals surface area contributed by atoms with E-state index in [-0.39, 0.29) is 5.91 Å². The van der Waals surface area contributed by atoms with Crippen molar-refractivity contribution in [2.45, 2.75) is 57.9 Å². The van der Waals surface area contributed by atoms with E-state index in [4.69, 9.17) is 11.6 Å². The van der Waals surface area contributed by atoms with Crippen LogP contribution in [0.2, 0.25) is 5.02 Å². The standard InChI is InChI=1S/C21H29ClN2O3S/c1-4-19(25)24(5-2)15-18-20(16-9-11-17(22)12-10-16)28(26,27)23(3)21(18)13-7-6-8-14-21/h9-12H,4-8,13-15H2,1-3H3. The first-order chi connectivity index (χ1) is 13.3. The topological polar surface area (TPSA) is 57.7 Å². The average molecular weight is 425 g/mol. The molecule has 28 heavy (non-hydrogen) atoms. The Morgan fingerprint density at radius 1 is 1.14 bits per heavy atom. The fraction of sp³-hybridized carbons (Fsp3) is 0.571. The second-order valence-electron chi connectivity index (χ2n) is 7.64. The van der Waals surface area contributed by atoms with Crippen LogP contribution in [0.4, 0.5) is 0 Å². The lowest BCUT2D eigenvalue weighted by atomic mass is 9.75. The van der Waals surface area contributed by atoms with Gasteiger partial charge in [-0.1, -0.05) is 49.9 Å². The molecule has 0 radical (unpaired) electrons. The van der Waals surface area contributed by atoms with Crippen LogP contribution in [0.5, 0.6) is 0 Å². The van der Waals surface area contributed by atoms with Gasteiger partial charge in [0.05, 0.1) is 10.4 Å². The molecule has 1 spiro atoms. The molecule has 1 saturated carbocycles. The van der Waals surface area contributed by atoms with Gasteiger partial charge < -0.3 is 4.90 Å². The third-order valence-electron chi connectivity index (χ3n) is 6.23. The lowest BCUT2D eigenvalue weighted by Crippen LogP contribution is -2.49. The molecule has 0 N–H and O–H groups in total. The zero-order valence-electron chi connectivity index (χ0n) is 16.9. The van der Waals surface area contributed by atoms with E-state index in [0.29, 0.717) is 35.0 Å². The second-order valence-corrected chi connectivity index (χ2v) is 9.98. The van der Waals surface area contributed by atoms with Gasteiger partial charge in [0.1, 0.15) is 0 Å². The summed E-state index contributed by atoms with van der Waals surface area (Å²) in [7, 11) is -1.95. The van der Waals surface area contributed by atoms with Gasteiger partial charge in [-0.2, -0.15) is 4.31 Å². The highest BCUT2D eigenvalue weighted by Gasteiger charge is 2.54. The molecule has 1 heterocycles. The van der Waals surface area contributed by atoms with Gasteiger partial charge in [-0.15, -0.1) is 0 Å². The highest BCUT2D eigenvalue weighted by atomic mass is 35.5. The highest BCUT2D eigenvalue weighted by molar-refractivity contribution is 7.98. The average Bonchev–Trinajstić information content (AvgIpc) is 2.85. The van der Waals surface area contributed by atoms with Crippen LogP contribution in [0, 0.1) is 0 Å². The van der Waals surface area contributed by atoms with Crippen LogP contribution in [0.1, 0.15) is 57.9 Å². The summed E-state index contributed by atoms with van der Waals surface area (Å²) >= 11 is 6.03. The van der Waals surface area contributed by atoms with Crippen molar-refractivity contribution in [1.29, 1.82) is 0 Å². The van der Waals surface area contributed by atoms with Gasteiger partial charge in [-0.25, -0.2) is 8.42 Å². The lowest BCUT2D eigenvalue weighted by Gasteiger charge is -2.41. The molecule has 0 aromatic heterocycles. The molecule has 7 heteroatoms. The van der Waals surface area contributed by atoms with Crippen molar-refractivity contribution in [3.05, 3.63) is 40.4 Å².